The molecule has 6 N–H and O–H groups in total. The van der Waals surface area contributed by atoms with Crippen molar-refractivity contribution < 1.29 is 49.3 Å². The van der Waals surface area contributed by atoms with Crippen LogP contribution in [0.25, 0.3) is 0 Å². The first-order valence-electron chi connectivity index (χ1n) is 36.0. The van der Waals surface area contributed by atoms with Crippen molar-refractivity contribution in [3.8, 4) is 0 Å². The zero-order chi connectivity index (χ0) is 63.1. The molecule has 1 amide bonds. The summed E-state index contributed by atoms with van der Waals surface area (Å²) in [5.74, 6) is -1.21. The fourth-order valence-corrected chi connectivity index (χ4v) is 10.8. The lowest BCUT2D eigenvalue weighted by Crippen LogP contribution is -2.61. The minimum absolute atomic E-state index is 0.105. The molecule has 0 radical (unpaired) electrons. The van der Waals surface area contributed by atoms with Gasteiger partial charge in [-0.3, -0.25) is 9.59 Å². The Morgan fingerprint density at radius 3 is 1.21 bits per heavy atom. The molecular weight excluding hydrogens is 1090 g/mol. The minimum atomic E-state index is -1.63. The van der Waals surface area contributed by atoms with Crippen LogP contribution in [0.2, 0.25) is 0 Å². The van der Waals surface area contributed by atoms with Gasteiger partial charge in [0.2, 0.25) is 5.91 Å². The maximum absolute atomic E-state index is 13.5. The SMILES string of the molecule is CCCCC/C=C\C/C=C\C/C=C\C/C=C\CCCCCCCCCCCCC(O)C(=O)NC(COC1OC(CO)C(O)C(O)C1OC(=O)CCCCCCCC/C=C\C/C=C\C/C=C\CCCCC)C(O)/C=C/CCCCCCCCCCCCC. The highest BCUT2D eigenvalue weighted by Gasteiger charge is 2.47. The summed E-state index contributed by atoms with van der Waals surface area (Å²) in [6.07, 6.45) is 74.3. The third-order valence-electron chi connectivity index (χ3n) is 16.5. The molecule has 11 heteroatoms. The molecule has 87 heavy (non-hydrogen) atoms. The van der Waals surface area contributed by atoms with E-state index in [0.717, 1.165) is 116 Å². The summed E-state index contributed by atoms with van der Waals surface area (Å²) in [5, 5.41) is 57.3. The van der Waals surface area contributed by atoms with Crippen LogP contribution in [-0.2, 0) is 23.8 Å². The standard InChI is InChI=1S/C76H133NO10/c1-4-7-10-13-16-19-22-25-27-29-31-32-33-34-35-36-37-39-40-42-45-48-51-54-57-60-63-69(80)75(84)77-67(68(79)62-59-56-53-50-47-44-24-21-18-15-12-9-6-3)66-85-76-74(73(83)72(82)70(65-78)86-76)87-71(81)64-61-58-55-52-49-46-43-41-38-30-28-26-23-20-17-14-11-8-5-2/h16-17,19-20,25-28,31-32,34-35,38,41,59,62,67-70,72-74,76,78-80,82-83H,4-15,18,21-24,29-30,33,36-37,39-40,42-58,60-61,63-66H2,1-3H3,(H,77,84)/b19-16-,20-17-,27-25-,28-26-,32-31-,35-34-,41-38-,62-59+. The molecule has 0 aliphatic carbocycles. The number of hydrogen-bond donors (Lipinski definition) is 6. The van der Waals surface area contributed by atoms with Crippen LogP contribution in [0.1, 0.15) is 310 Å². The van der Waals surface area contributed by atoms with Crippen LogP contribution >= 0.6 is 0 Å². The van der Waals surface area contributed by atoms with Crippen molar-refractivity contribution >= 4 is 11.9 Å². The molecule has 0 saturated carbocycles. The van der Waals surface area contributed by atoms with E-state index in [1.165, 1.54) is 148 Å². The Hall–Kier alpha value is -3.42. The number of aliphatic hydroxyl groups is 5. The van der Waals surface area contributed by atoms with Crippen LogP contribution in [0.15, 0.2) is 97.2 Å². The molecule has 1 heterocycles. The molecule has 11 nitrogen and oxygen atoms in total. The van der Waals surface area contributed by atoms with Crippen LogP contribution in [0.5, 0.6) is 0 Å². The van der Waals surface area contributed by atoms with E-state index in [9.17, 15) is 35.1 Å². The fourth-order valence-electron chi connectivity index (χ4n) is 10.8. The highest BCUT2D eigenvalue weighted by molar-refractivity contribution is 5.80. The van der Waals surface area contributed by atoms with Crippen molar-refractivity contribution in [1.29, 1.82) is 0 Å². The maximum Gasteiger partial charge on any atom is 0.306 e. The van der Waals surface area contributed by atoms with Crippen molar-refractivity contribution in [1.82, 2.24) is 5.32 Å². The lowest BCUT2D eigenvalue weighted by Gasteiger charge is -2.41. The summed E-state index contributed by atoms with van der Waals surface area (Å²) in [7, 11) is 0. The topological polar surface area (TPSA) is 175 Å². The number of aliphatic hydroxyl groups excluding tert-OH is 5. The summed E-state index contributed by atoms with van der Waals surface area (Å²) in [6.45, 7) is 5.75. The molecule has 0 aromatic rings. The smallest absolute Gasteiger partial charge is 0.306 e. The molecule has 0 aromatic carbocycles. The normalized spacial score (nSPS) is 18.8. The zero-order valence-electron chi connectivity index (χ0n) is 55.9. The van der Waals surface area contributed by atoms with E-state index in [1.54, 1.807) is 6.08 Å². The Morgan fingerprint density at radius 1 is 0.448 bits per heavy atom. The number of ether oxygens (including phenoxy) is 3. The molecule has 8 unspecified atom stereocenters. The molecule has 1 fully saturated rings. The Bertz CT molecular complexity index is 1790. The van der Waals surface area contributed by atoms with Gasteiger partial charge in [0.15, 0.2) is 12.4 Å². The van der Waals surface area contributed by atoms with Gasteiger partial charge in [-0.25, -0.2) is 0 Å². The first-order chi connectivity index (χ1) is 42.7. The number of carbonyl (C=O) groups excluding carboxylic acids is 2. The predicted molar refractivity (Wildman–Crippen MR) is 365 cm³/mol. The summed E-state index contributed by atoms with van der Waals surface area (Å²) >= 11 is 0. The van der Waals surface area contributed by atoms with Crippen LogP contribution in [-0.4, -0.2) is 99.6 Å². The van der Waals surface area contributed by atoms with Crippen LogP contribution in [0.3, 0.4) is 0 Å². The molecule has 1 saturated heterocycles. The van der Waals surface area contributed by atoms with Gasteiger partial charge in [-0.1, -0.05) is 291 Å². The lowest BCUT2D eigenvalue weighted by molar-refractivity contribution is -0.305. The number of nitrogens with one attached hydrogen (secondary N) is 1. The molecule has 0 aromatic heterocycles. The lowest BCUT2D eigenvalue weighted by atomic mass is 9.99. The maximum atomic E-state index is 13.5. The number of rotatable bonds is 61. The number of esters is 1. The largest absolute Gasteiger partial charge is 0.454 e. The van der Waals surface area contributed by atoms with Gasteiger partial charge in [0.05, 0.1) is 25.4 Å². The Balaban J connectivity index is 2.60. The minimum Gasteiger partial charge on any atom is -0.454 e. The van der Waals surface area contributed by atoms with Gasteiger partial charge in [-0.15, -0.1) is 0 Å². The number of hydrogen-bond acceptors (Lipinski definition) is 10. The van der Waals surface area contributed by atoms with Gasteiger partial charge in [0.25, 0.3) is 0 Å². The first-order valence-corrected chi connectivity index (χ1v) is 36.0. The van der Waals surface area contributed by atoms with Crippen LogP contribution in [0, 0.1) is 0 Å². The van der Waals surface area contributed by atoms with Crippen LogP contribution in [0.4, 0.5) is 0 Å². The highest BCUT2D eigenvalue weighted by Crippen LogP contribution is 2.26. The second kappa shape index (κ2) is 62.8. The van der Waals surface area contributed by atoms with Gasteiger partial charge >= 0.3 is 5.97 Å². The molecule has 1 aliphatic rings. The summed E-state index contributed by atoms with van der Waals surface area (Å²) in [5.41, 5.74) is 0. The van der Waals surface area contributed by atoms with Gasteiger partial charge in [-0.2, -0.15) is 0 Å². The van der Waals surface area contributed by atoms with Crippen molar-refractivity contribution in [2.75, 3.05) is 13.2 Å². The fraction of sp³-hybridized carbons (Fsp3) is 0.763. The second-order valence-electron chi connectivity index (χ2n) is 24.6. The summed E-state index contributed by atoms with van der Waals surface area (Å²) in [4.78, 5) is 26.7. The Kier molecular flexibility index (Phi) is 58.9. The third kappa shape index (κ3) is 50.0. The molecule has 0 bridgehead atoms. The van der Waals surface area contributed by atoms with Gasteiger partial charge in [0, 0.05) is 6.42 Å². The first kappa shape index (κ1) is 81.6. The average Bonchev–Trinajstić information content (AvgIpc) is 1.52. The predicted octanol–water partition coefficient (Wildman–Crippen LogP) is 18.6. The third-order valence-corrected chi connectivity index (χ3v) is 16.5. The monoisotopic (exact) mass is 1220 g/mol. The summed E-state index contributed by atoms with van der Waals surface area (Å²) in [6, 6.07) is -1.04. The molecule has 8 atom stereocenters. The van der Waals surface area contributed by atoms with Gasteiger partial charge in [0.1, 0.15) is 24.4 Å². The molecular formula is C76H133NO10. The number of allylic oxidation sites excluding steroid dienone is 15. The van der Waals surface area contributed by atoms with E-state index < -0.39 is 67.4 Å². The number of unbranched alkanes of at least 4 members (excludes halogenated alkanes) is 33. The van der Waals surface area contributed by atoms with E-state index in [2.05, 4.69) is 111 Å². The van der Waals surface area contributed by atoms with E-state index >= 15 is 0 Å². The van der Waals surface area contributed by atoms with Gasteiger partial charge < -0.3 is 45.1 Å². The highest BCUT2D eigenvalue weighted by atomic mass is 16.7. The number of carbonyl (C=O) groups is 2. The Morgan fingerprint density at radius 2 is 0.793 bits per heavy atom. The average molecular weight is 1220 g/mol. The van der Waals surface area contributed by atoms with Crippen molar-refractivity contribution in [2.45, 2.75) is 359 Å². The molecule has 502 valence electrons. The molecule has 1 aliphatic heterocycles. The van der Waals surface area contributed by atoms with E-state index in [0.29, 0.717) is 12.8 Å². The van der Waals surface area contributed by atoms with Crippen molar-refractivity contribution in [3.63, 3.8) is 0 Å². The van der Waals surface area contributed by atoms with E-state index in [-0.39, 0.29) is 19.4 Å². The Labute approximate surface area is 533 Å². The number of amides is 1. The van der Waals surface area contributed by atoms with Crippen LogP contribution < -0.4 is 5.32 Å². The molecule has 0 spiro atoms. The summed E-state index contributed by atoms with van der Waals surface area (Å²) < 4.78 is 17.7. The second-order valence-corrected chi connectivity index (χ2v) is 24.6. The molecule has 1 rings (SSSR count). The quantitative estimate of drug-likeness (QED) is 0.0195. The zero-order valence-corrected chi connectivity index (χ0v) is 55.9. The van der Waals surface area contributed by atoms with E-state index in [4.69, 9.17) is 14.2 Å². The van der Waals surface area contributed by atoms with E-state index in [1.807, 2.05) is 6.08 Å². The van der Waals surface area contributed by atoms with Crippen molar-refractivity contribution in [3.05, 3.63) is 97.2 Å². The van der Waals surface area contributed by atoms with Gasteiger partial charge in [-0.05, 0) is 109 Å². The van der Waals surface area contributed by atoms with Crippen molar-refractivity contribution in [2.24, 2.45) is 0 Å².